The number of sulfonamides is 1. The second kappa shape index (κ2) is 9.57. The van der Waals surface area contributed by atoms with E-state index in [1.807, 2.05) is 6.92 Å². The van der Waals surface area contributed by atoms with Crippen LogP contribution < -0.4 is 19.7 Å². The molecule has 1 amide bonds. The number of methoxy groups -OCH3 is 1. The van der Waals surface area contributed by atoms with Gasteiger partial charge in [0.2, 0.25) is 0 Å². The minimum absolute atomic E-state index is 0.0733. The van der Waals surface area contributed by atoms with Crippen LogP contribution >= 0.6 is 0 Å². The van der Waals surface area contributed by atoms with Crippen LogP contribution in [0.2, 0.25) is 0 Å². The largest absolute Gasteiger partial charge is 0.493 e. The van der Waals surface area contributed by atoms with Crippen molar-refractivity contribution in [1.29, 1.82) is 0 Å². The number of hydrazine groups is 1. The van der Waals surface area contributed by atoms with E-state index in [2.05, 4.69) is 24.1 Å². The van der Waals surface area contributed by atoms with Gasteiger partial charge in [-0.1, -0.05) is 26.0 Å². The maximum Gasteiger partial charge on any atom is 0.266 e. The van der Waals surface area contributed by atoms with Crippen molar-refractivity contribution in [1.82, 2.24) is 10.3 Å². The van der Waals surface area contributed by atoms with Gasteiger partial charge in [0.1, 0.15) is 0 Å². The van der Waals surface area contributed by atoms with E-state index < -0.39 is 15.9 Å². The molecule has 2 aromatic carbocycles. The van der Waals surface area contributed by atoms with Crippen LogP contribution in [0.3, 0.4) is 0 Å². The molecule has 0 bridgehead atoms. The standard InChI is InChI=1S/C20H26N2O5S/c1-5-14(3)15-7-10-17(11-8-15)28(24,25)22-21-20(23)16-9-12-18(27-6-2)19(13-16)26-4/h7-14,22H,5-6H2,1-4H3,(H,21,23)/t14-/m1/s1. The van der Waals surface area contributed by atoms with Crippen molar-refractivity contribution in [3.05, 3.63) is 53.6 Å². The molecule has 0 aromatic heterocycles. The maximum absolute atomic E-state index is 12.4. The van der Waals surface area contributed by atoms with Gasteiger partial charge in [0.15, 0.2) is 11.5 Å². The zero-order valence-electron chi connectivity index (χ0n) is 16.5. The first-order valence-electron chi connectivity index (χ1n) is 9.05. The van der Waals surface area contributed by atoms with Gasteiger partial charge < -0.3 is 9.47 Å². The molecule has 0 aliphatic rings. The predicted octanol–water partition coefficient (Wildman–Crippen LogP) is 3.23. The number of rotatable bonds is 9. The second-order valence-corrected chi connectivity index (χ2v) is 7.92. The molecule has 0 fully saturated rings. The van der Waals surface area contributed by atoms with Crippen LogP contribution in [-0.4, -0.2) is 28.0 Å². The monoisotopic (exact) mass is 406 g/mol. The third-order valence-corrected chi connectivity index (χ3v) is 5.66. The molecule has 0 spiro atoms. The van der Waals surface area contributed by atoms with Crippen molar-refractivity contribution in [2.24, 2.45) is 0 Å². The lowest BCUT2D eigenvalue weighted by atomic mass is 9.99. The number of nitrogens with one attached hydrogen (secondary N) is 2. The topological polar surface area (TPSA) is 93.7 Å². The molecular formula is C20H26N2O5S. The molecule has 8 heteroatoms. The van der Waals surface area contributed by atoms with Gasteiger partial charge >= 0.3 is 0 Å². The Hall–Kier alpha value is -2.58. The van der Waals surface area contributed by atoms with Gasteiger partial charge in [-0.15, -0.1) is 4.83 Å². The average Bonchev–Trinajstić information content (AvgIpc) is 2.72. The van der Waals surface area contributed by atoms with Gasteiger partial charge in [-0.2, -0.15) is 0 Å². The van der Waals surface area contributed by atoms with Crippen molar-refractivity contribution < 1.29 is 22.7 Å². The van der Waals surface area contributed by atoms with E-state index in [0.29, 0.717) is 24.0 Å². The molecule has 0 unspecified atom stereocenters. The fourth-order valence-electron chi connectivity index (χ4n) is 2.54. The number of ether oxygens (including phenoxy) is 2. The number of benzene rings is 2. The number of hydrogen-bond donors (Lipinski definition) is 2. The highest BCUT2D eigenvalue weighted by molar-refractivity contribution is 7.89. The lowest BCUT2D eigenvalue weighted by Gasteiger charge is -2.13. The zero-order valence-corrected chi connectivity index (χ0v) is 17.3. The quantitative estimate of drug-likeness (QED) is 0.624. The Labute approximate surface area is 166 Å². The van der Waals surface area contributed by atoms with Crippen LogP contribution in [-0.2, 0) is 10.0 Å². The van der Waals surface area contributed by atoms with Gasteiger partial charge in [-0.3, -0.25) is 10.2 Å². The maximum atomic E-state index is 12.4. The van der Waals surface area contributed by atoms with Gasteiger partial charge in [0.05, 0.1) is 18.6 Å². The lowest BCUT2D eigenvalue weighted by molar-refractivity contribution is 0.0944. The first kappa shape index (κ1) is 21.7. The van der Waals surface area contributed by atoms with Gasteiger partial charge in [0.25, 0.3) is 15.9 Å². The van der Waals surface area contributed by atoms with Crippen molar-refractivity contribution in [3.8, 4) is 11.5 Å². The Morgan fingerprint density at radius 1 is 1.07 bits per heavy atom. The molecule has 0 heterocycles. The fraction of sp³-hybridized carbons (Fsp3) is 0.350. The molecule has 0 aliphatic carbocycles. The molecular weight excluding hydrogens is 380 g/mol. The highest BCUT2D eigenvalue weighted by atomic mass is 32.2. The van der Waals surface area contributed by atoms with Crippen molar-refractivity contribution >= 4 is 15.9 Å². The molecule has 152 valence electrons. The molecule has 0 radical (unpaired) electrons. The third kappa shape index (κ3) is 5.24. The Bertz CT molecular complexity index is 911. The zero-order chi connectivity index (χ0) is 20.7. The summed E-state index contributed by atoms with van der Waals surface area (Å²) < 4.78 is 35.4. The summed E-state index contributed by atoms with van der Waals surface area (Å²) in [7, 11) is -2.42. The smallest absolute Gasteiger partial charge is 0.266 e. The molecule has 2 aromatic rings. The molecule has 0 saturated heterocycles. The van der Waals surface area contributed by atoms with Gasteiger partial charge in [-0.05, 0) is 55.2 Å². The first-order chi connectivity index (χ1) is 13.3. The molecule has 2 N–H and O–H groups in total. The van der Waals surface area contributed by atoms with Crippen LogP contribution in [0.25, 0.3) is 0 Å². The van der Waals surface area contributed by atoms with Crippen LogP contribution in [0, 0.1) is 0 Å². The van der Waals surface area contributed by atoms with E-state index in [4.69, 9.17) is 9.47 Å². The summed E-state index contributed by atoms with van der Waals surface area (Å²) in [6.45, 7) is 6.44. The highest BCUT2D eigenvalue weighted by Crippen LogP contribution is 2.28. The van der Waals surface area contributed by atoms with Crippen LogP contribution in [0.4, 0.5) is 0 Å². The highest BCUT2D eigenvalue weighted by Gasteiger charge is 2.17. The second-order valence-electron chi connectivity index (χ2n) is 6.24. The minimum atomic E-state index is -3.88. The van der Waals surface area contributed by atoms with Gasteiger partial charge in [-0.25, -0.2) is 8.42 Å². The van der Waals surface area contributed by atoms with Crippen LogP contribution in [0.15, 0.2) is 47.4 Å². The van der Waals surface area contributed by atoms with E-state index in [-0.39, 0.29) is 10.5 Å². The number of carbonyl (C=O) groups is 1. The molecule has 0 aliphatic heterocycles. The normalized spacial score (nSPS) is 12.3. The number of carbonyl (C=O) groups excluding carboxylic acids is 1. The SMILES string of the molecule is CCOc1ccc(C(=O)NNS(=O)(=O)c2ccc([C@H](C)CC)cc2)cc1OC. The third-order valence-electron chi connectivity index (χ3n) is 4.40. The van der Waals surface area contributed by atoms with E-state index in [1.165, 1.54) is 31.4 Å². The Morgan fingerprint density at radius 3 is 2.32 bits per heavy atom. The summed E-state index contributed by atoms with van der Waals surface area (Å²) >= 11 is 0. The molecule has 0 saturated carbocycles. The molecule has 1 atom stereocenters. The summed E-state index contributed by atoms with van der Waals surface area (Å²) in [6, 6.07) is 11.2. The van der Waals surface area contributed by atoms with E-state index in [9.17, 15) is 13.2 Å². The van der Waals surface area contributed by atoms with Crippen molar-refractivity contribution in [2.75, 3.05) is 13.7 Å². The predicted molar refractivity (Wildman–Crippen MR) is 107 cm³/mol. The fourth-order valence-corrected chi connectivity index (χ4v) is 3.38. The van der Waals surface area contributed by atoms with E-state index >= 15 is 0 Å². The van der Waals surface area contributed by atoms with Crippen LogP contribution in [0.5, 0.6) is 11.5 Å². The Balaban J connectivity index is 2.08. The molecule has 2 rings (SSSR count). The summed E-state index contributed by atoms with van der Waals surface area (Å²) in [5, 5.41) is 0. The number of hydrogen-bond acceptors (Lipinski definition) is 5. The molecule has 7 nitrogen and oxygen atoms in total. The summed E-state index contributed by atoms with van der Waals surface area (Å²) in [6.07, 6.45) is 0.964. The van der Waals surface area contributed by atoms with Gasteiger partial charge in [0, 0.05) is 5.56 Å². The van der Waals surface area contributed by atoms with Crippen molar-refractivity contribution in [2.45, 2.75) is 38.0 Å². The van der Waals surface area contributed by atoms with E-state index in [1.54, 1.807) is 18.2 Å². The van der Waals surface area contributed by atoms with E-state index in [0.717, 1.165) is 12.0 Å². The lowest BCUT2D eigenvalue weighted by Crippen LogP contribution is -2.41. The first-order valence-corrected chi connectivity index (χ1v) is 10.5. The molecule has 28 heavy (non-hydrogen) atoms. The summed E-state index contributed by atoms with van der Waals surface area (Å²) in [4.78, 5) is 14.5. The Morgan fingerprint density at radius 2 is 1.75 bits per heavy atom. The minimum Gasteiger partial charge on any atom is -0.493 e. The summed E-state index contributed by atoms with van der Waals surface area (Å²) in [5.74, 6) is 0.627. The Kier molecular flexibility index (Phi) is 7.42. The number of amides is 1. The van der Waals surface area contributed by atoms with Crippen LogP contribution in [0.1, 0.15) is 49.0 Å². The average molecular weight is 407 g/mol. The van der Waals surface area contributed by atoms with Crippen molar-refractivity contribution in [3.63, 3.8) is 0 Å². The summed E-state index contributed by atoms with van der Waals surface area (Å²) in [5.41, 5.74) is 3.51.